The Morgan fingerprint density at radius 1 is 1.22 bits per heavy atom. The second-order valence-electron chi connectivity index (χ2n) is 6.40. The Kier molecular flexibility index (Phi) is 3.97. The van der Waals surface area contributed by atoms with Crippen LogP contribution in [0.5, 0.6) is 0 Å². The van der Waals surface area contributed by atoms with Gasteiger partial charge in [0.2, 0.25) is 10.0 Å². The summed E-state index contributed by atoms with van der Waals surface area (Å²) in [5.41, 5.74) is 3.97. The Morgan fingerprint density at radius 3 is 2.39 bits per heavy atom. The molecule has 1 aromatic rings. The molecule has 1 saturated carbocycles. The Labute approximate surface area is 133 Å². The summed E-state index contributed by atoms with van der Waals surface area (Å²) in [5.74, 6) is 0.205. The summed E-state index contributed by atoms with van der Waals surface area (Å²) in [4.78, 5) is -0.673. The van der Waals surface area contributed by atoms with Gasteiger partial charge in [0.25, 0.3) is 0 Å². The molecule has 0 unspecified atom stereocenters. The molecule has 2 heterocycles. The molecule has 23 heavy (non-hydrogen) atoms. The average molecular weight is 348 g/mol. The number of halogens is 3. The van der Waals surface area contributed by atoms with Gasteiger partial charge in [-0.1, -0.05) is 12.1 Å². The first-order chi connectivity index (χ1) is 10.7. The number of sulfonamides is 1. The lowest BCUT2D eigenvalue weighted by Gasteiger charge is -2.53. The van der Waals surface area contributed by atoms with E-state index in [1.807, 2.05) is 0 Å². The van der Waals surface area contributed by atoms with Crippen LogP contribution in [-0.4, -0.2) is 31.4 Å². The summed E-state index contributed by atoms with van der Waals surface area (Å²) in [6.45, 7) is 0.388. The van der Waals surface area contributed by atoms with Crippen LogP contribution in [0.2, 0.25) is 0 Å². The standard InChI is InChI=1S/C15H19F3N2O2S/c16-15(17,18)12-3-1-2-4-13(12)23(21,22)20-9-11-5-7-14(20,10-19)8-6-11/h1-4,11H,5-10,19H2. The van der Waals surface area contributed by atoms with Gasteiger partial charge in [-0.2, -0.15) is 17.5 Å². The molecule has 8 heteroatoms. The van der Waals surface area contributed by atoms with Crippen LogP contribution in [0.15, 0.2) is 29.2 Å². The molecule has 3 aliphatic rings. The van der Waals surface area contributed by atoms with Crippen molar-refractivity contribution in [2.75, 3.05) is 13.1 Å². The molecule has 4 nitrogen and oxygen atoms in total. The van der Waals surface area contributed by atoms with Crippen LogP contribution in [0.1, 0.15) is 31.2 Å². The summed E-state index contributed by atoms with van der Waals surface area (Å²) in [6, 6.07) is 4.36. The maximum atomic E-state index is 13.2. The molecule has 0 atom stereocenters. The lowest BCUT2D eigenvalue weighted by atomic mass is 9.72. The molecule has 2 bridgehead atoms. The van der Waals surface area contributed by atoms with Crippen molar-refractivity contribution < 1.29 is 21.6 Å². The molecule has 2 aliphatic heterocycles. The molecule has 2 N–H and O–H groups in total. The van der Waals surface area contributed by atoms with Gasteiger partial charge >= 0.3 is 6.18 Å². The summed E-state index contributed by atoms with van der Waals surface area (Å²) in [6.07, 6.45) is -1.73. The van der Waals surface area contributed by atoms with Crippen molar-refractivity contribution in [1.82, 2.24) is 4.31 Å². The van der Waals surface area contributed by atoms with Crippen LogP contribution in [0, 0.1) is 5.92 Å². The van der Waals surface area contributed by atoms with Gasteiger partial charge in [-0.05, 0) is 43.7 Å². The molecule has 0 spiro atoms. The minimum absolute atomic E-state index is 0.132. The van der Waals surface area contributed by atoms with Crippen molar-refractivity contribution in [3.63, 3.8) is 0 Å². The SMILES string of the molecule is NCC12CCC(CC1)CN2S(=O)(=O)c1ccccc1C(F)(F)F. The van der Waals surface area contributed by atoms with Gasteiger partial charge in [0.15, 0.2) is 0 Å². The highest BCUT2D eigenvalue weighted by atomic mass is 32.2. The molecule has 0 amide bonds. The first kappa shape index (κ1) is 16.7. The Bertz CT molecular complexity index is 695. The zero-order valence-corrected chi connectivity index (χ0v) is 13.3. The second kappa shape index (κ2) is 5.46. The fourth-order valence-electron chi connectivity index (χ4n) is 3.78. The molecule has 1 aromatic carbocycles. The topological polar surface area (TPSA) is 63.4 Å². The fourth-order valence-corrected chi connectivity index (χ4v) is 5.90. The number of hydrogen-bond acceptors (Lipinski definition) is 3. The normalized spacial score (nSPS) is 29.0. The summed E-state index contributed by atoms with van der Waals surface area (Å²) in [5, 5.41) is 0. The van der Waals surface area contributed by atoms with Crippen LogP contribution in [-0.2, 0) is 16.2 Å². The molecule has 4 rings (SSSR count). The number of alkyl halides is 3. The van der Waals surface area contributed by atoms with Gasteiger partial charge in [0.05, 0.1) is 10.5 Å². The van der Waals surface area contributed by atoms with E-state index in [1.165, 1.54) is 16.4 Å². The number of fused-ring (bicyclic) bond motifs is 3. The predicted octanol–water partition coefficient (Wildman–Crippen LogP) is 2.60. The minimum Gasteiger partial charge on any atom is -0.329 e. The maximum Gasteiger partial charge on any atom is 0.417 e. The van der Waals surface area contributed by atoms with E-state index in [4.69, 9.17) is 5.73 Å². The third-order valence-electron chi connectivity index (χ3n) is 5.13. The summed E-state index contributed by atoms with van der Waals surface area (Å²) < 4.78 is 66.8. The molecular weight excluding hydrogens is 329 g/mol. The average Bonchev–Trinajstić information content (AvgIpc) is 2.55. The van der Waals surface area contributed by atoms with Crippen LogP contribution in [0.25, 0.3) is 0 Å². The summed E-state index contributed by atoms with van der Waals surface area (Å²) in [7, 11) is -4.24. The smallest absolute Gasteiger partial charge is 0.329 e. The zero-order valence-electron chi connectivity index (χ0n) is 12.5. The number of benzene rings is 1. The number of nitrogens with zero attached hydrogens (tertiary/aromatic N) is 1. The monoisotopic (exact) mass is 348 g/mol. The van der Waals surface area contributed by atoms with E-state index < -0.39 is 32.2 Å². The third kappa shape index (κ3) is 2.66. The van der Waals surface area contributed by atoms with E-state index in [9.17, 15) is 21.6 Å². The van der Waals surface area contributed by atoms with Crippen molar-refractivity contribution in [2.24, 2.45) is 11.7 Å². The van der Waals surface area contributed by atoms with E-state index in [-0.39, 0.29) is 19.0 Å². The van der Waals surface area contributed by atoms with Crippen molar-refractivity contribution in [2.45, 2.75) is 42.3 Å². The van der Waals surface area contributed by atoms with E-state index in [2.05, 4.69) is 0 Å². The van der Waals surface area contributed by atoms with E-state index >= 15 is 0 Å². The first-order valence-electron chi connectivity index (χ1n) is 7.60. The van der Waals surface area contributed by atoms with Crippen LogP contribution < -0.4 is 5.73 Å². The van der Waals surface area contributed by atoms with Crippen molar-refractivity contribution in [1.29, 1.82) is 0 Å². The van der Waals surface area contributed by atoms with Gasteiger partial charge in [-0.3, -0.25) is 0 Å². The lowest BCUT2D eigenvalue weighted by molar-refractivity contribution is -0.140. The number of piperidine rings is 2. The Balaban J connectivity index is 2.10. The molecule has 2 saturated heterocycles. The highest BCUT2D eigenvalue weighted by molar-refractivity contribution is 7.89. The van der Waals surface area contributed by atoms with Crippen molar-refractivity contribution in [3.8, 4) is 0 Å². The molecular formula is C15H19F3N2O2S. The van der Waals surface area contributed by atoms with Gasteiger partial charge < -0.3 is 5.73 Å². The molecule has 3 fully saturated rings. The third-order valence-corrected chi connectivity index (χ3v) is 7.16. The van der Waals surface area contributed by atoms with Crippen molar-refractivity contribution in [3.05, 3.63) is 29.8 Å². The van der Waals surface area contributed by atoms with E-state index in [0.29, 0.717) is 12.8 Å². The molecule has 1 aliphatic carbocycles. The number of rotatable bonds is 3. The van der Waals surface area contributed by atoms with Crippen LogP contribution >= 0.6 is 0 Å². The van der Waals surface area contributed by atoms with Gasteiger partial charge in [0.1, 0.15) is 0 Å². The molecule has 128 valence electrons. The molecule has 0 radical (unpaired) electrons. The highest BCUT2D eigenvalue weighted by Crippen LogP contribution is 2.46. The number of hydrogen-bond donors (Lipinski definition) is 1. The van der Waals surface area contributed by atoms with Crippen LogP contribution in [0.3, 0.4) is 0 Å². The van der Waals surface area contributed by atoms with Gasteiger partial charge in [-0.15, -0.1) is 0 Å². The Hall–Kier alpha value is -1.12. The predicted molar refractivity (Wildman–Crippen MR) is 79.1 cm³/mol. The fraction of sp³-hybridized carbons (Fsp3) is 0.600. The largest absolute Gasteiger partial charge is 0.417 e. The van der Waals surface area contributed by atoms with E-state index in [1.54, 1.807) is 0 Å². The second-order valence-corrected chi connectivity index (χ2v) is 8.23. The number of nitrogens with two attached hydrogens (primary N) is 1. The summed E-state index contributed by atoms with van der Waals surface area (Å²) >= 11 is 0. The quantitative estimate of drug-likeness (QED) is 0.913. The van der Waals surface area contributed by atoms with Gasteiger partial charge in [0, 0.05) is 18.6 Å². The minimum atomic E-state index is -4.71. The van der Waals surface area contributed by atoms with Gasteiger partial charge in [-0.25, -0.2) is 8.42 Å². The van der Waals surface area contributed by atoms with Crippen LogP contribution in [0.4, 0.5) is 13.2 Å². The Morgan fingerprint density at radius 2 is 1.83 bits per heavy atom. The highest BCUT2D eigenvalue weighted by Gasteiger charge is 2.52. The maximum absolute atomic E-state index is 13.2. The first-order valence-corrected chi connectivity index (χ1v) is 9.04. The lowest BCUT2D eigenvalue weighted by Crippen LogP contribution is -2.63. The molecule has 0 aromatic heterocycles. The zero-order chi connectivity index (χ0) is 16.9. The van der Waals surface area contributed by atoms with E-state index in [0.717, 1.165) is 25.0 Å². The van der Waals surface area contributed by atoms with Crippen molar-refractivity contribution >= 4 is 10.0 Å².